The molecular formula is C15H30N2. The molecule has 2 nitrogen and oxygen atoms in total. The summed E-state index contributed by atoms with van der Waals surface area (Å²) in [5, 5.41) is 3.47. The molecule has 1 saturated carbocycles. The minimum absolute atomic E-state index is 0.817. The Bertz CT molecular complexity index is 205. The van der Waals surface area contributed by atoms with Gasteiger partial charge in [0, 0.05) is 12.6 Å². The third kappa shape index (κ3) is 3.69. The summed E-state index contributed by atoms with van der Waals surface area (Å²) in [5.41, 5.74) is 0. The molecule has 0 bridgehead atoms. The molecule has 1 heterocycles. The average Bonchev–Trinajstić information content (AvgIpc) is 2.90. The fourth-order valence-corrected chi connectivity index (χ4v) is 3.72. The quantitative estimate of drug-likeness (QED) is 0.792. The Morgan fingerprint density at radius 3 is 2.35 bits per heavy atom. The maximum absolute atomic E-state index is 3.47. The fourth-order valence-electron chi connectivity index (χ4n) is 3.72. The summed E-state index contributed by atoms with van der Waals surface area (Å²) in [5.74, 6) is 1.93. The molecule has 100 valence electrons. The molecule has 1 aliphatic carbocycles. The number of hydrogen-bond donors (Lipinski definition) is 1. The van der Waals surface area contributed by atoms with E-state index in [2.05, 4.69) is 24.1 Å². The van der Waals surface area contributed by atoms with Crippen molar-refractivity contribution in [2.75, 3.05) is 26.2 Å². The second-order valence-corrected chi connectivity index (χ2v) is 6.07. The van der Waals surface area contributed by atoms with Crippen molar-refractivity contribution in [1.82, 2.24) is 10.2 Å². The van der Waals surface area contributed by atoms with E-state index in [1.54, 1.807) is 0 Å². The zero-order valence-corrected chi connectivity index (χ0v) is 11.8. The number of rotatable bonds is 5. The van der Waals surface area contributed by atoms with E-state index in [4.69, 9.17) is 0 Å². The summed E-state index contributed by atoms with van der Waals surface area (Å²) >= 11 is 0. The first-order chi connectivity index (χ1) is 8.31. The van der Waals surface area contributed by atoms with E-state index in [1.807, 2.05) is 0 Å². The van der Waals surface area contributed by atoms with Crippen LogP contribution in [-0.4, -0.2) is 37.1 Å². The SMILES string of the molecule is CCN(CC1CCNCC1)C(C)C1CCCC1. The highest BCUT2D eigenvalue weighted by Crippen LogP contribution is 2.30. The van der Waals surface area contributed by atoms with Crippen molar-refractivity contribution in [2.24, 2.45) is 11.8 Å². The lowest BCUT2D eigenvalue weighted by molar-refractivity contribution is 0.128. The highest BCUT2D eigenvalue weighted by Gasteiger charge is 2.27. The van der Waals surface area contributed by atoms with Gasteiger partial charge in [-0.2, -0.15) is 0 Å². The predicted molar refractivity (Wildman–Crippen MR) is 74.3 cm³/mol. The van der Waals surface area contributed by atoms with Crippen molar-refractivity contribution in [2.45, 2.75) is 58.4 Å². The number of hydrogen-bond acceptors (Lipinski definition) is 2. The second kappa shape index (κ2) is 6.75. The lowest BCUT2D eigenvalue weighted by atomic mass is 9.93. The maximum atomic E-state index is 3.47. The van der Waals surface area contributed by atoms with E-state index in [0.29, 0.717) is 0 Å². The molecule has 2 heteroatoms. The molecule has 0 radical (unpaired) electrons. The van der Waals surface area contributed by atoms with E-state index in [9.17, 15) is 0 Å². The fraction of sp³-hybridized carbons (Fsp3) is 1.00. The Morgan fingerprint density at radius 2 is 1.76 bits per heavy atom. The van der Waals surface area contributed by atoms with Gasteiger partial charge in [-0.15, -0.1) is 0 Å². The summed E-state index contributed by atoms with van der Waals surface area (Å²) < 4.78 is 0. The first kappa shape index (κ1) is 13.4. The molecule has 1 N–H and O–H groups in total. The van der Waals surface area contributed by atoms with Crippen molar-refractivity contribution >= 4 is 0 Å². The number of nitrogens with zero attached hydrogens (tertiary/aromatic N) is 1. The average molecular weight is 238 g/mol. The monoisotopic (exact) mass is 238 g/mol. The van der Waals surface area contributed by atoms with Gasteiger partial charge in [-0.05, 0) is 64.1 Å². The molecule has 0 aromatic carbocycles. The van der Waals surface area contributed by atoms with Gasteiger partial charge in [-0.3, -0.25) is 0 Å². The summed E-state index contributed by atoms with van der Waals surface area (Å²) in [6.07, 6.45) is 8.66. The molecule has 2 aliphatic rings. The van der Waals surface area contributed by atoms with Crippen molar-refractivity contribution in [1.29, 1.82) is 0 Å². The van der Waals surface area contributed by atoms with Gasteiger partial charge in [-0.1, -0.05) is 19.8 Å². The predicted octanol–water partition coefficient (Wildman–Crippen LogP) is 2.89. The van der Waals surface area contributed by atoms with E-state index >= 15 is 0 Å². The van der Waals surface area contributed by atoms with E-state index in [0.717, 1.165) is 17.9 Å². The van der Waals surface area contributed by atoms with Crippen LogP contribution in [0.4, 0.5) is 0 Å². The minimum Gasteiger partial charge on any atom is -0.317 e. The summed E-state index contributed by atoms with van der Waals surface area (Å²) in [4.78, 5) is 2.76. The van der Waals surface area contributed by atoms with Crippen molar-refractivity contribution < 1.29 is 0 Å². The lowest BCUT2D eigenvalue weighted by Crippen LogP contribution is -2.43. The van der Waals surface area contributed by atoms with Crippen LogP contribution < -0.4 is 5.32 Å². The molecule has 1 aliphatic heterocycles. The van der Waals surface area contributed by atoms with Gasteiger partial charge in [0.15, 0.2) is 0 Å². The summed E-state index contributed by atoms with van der Waals surface area (Å²) in [6, 6.07) is 0.817. The van der Waals surface area contributed by atoms with Gasteiger partial charge >= 0.3 is 0 Å². The van der Waals surface area contributed by atoms with Gasteiger partial charge in [0.05, 0.1) is 0 Å². The Balaban J connectivity index is 1.81. The summed E-state index contributed by atoms with van der Waals surface area (Å²) in [7, 11) is 0. The van der Waals surface area contributed by atoms with Crippen LogP contribution in [0.1, 0.15) is 52.4 Å². The number of nitrogens with one attached hydrogen (secondary N) is 1. The van der Waals surface area contributed by atoms with Crippen LogP contribution in [-0.2, 0) is 0 Å². The third-order valence-corrected chi connectivity index (χ3v) is 5.02. The smallest absolute Gasteiger partial charge is 0.00951 e. The normalized spacial score (nSPS) is 25.6. The zero-order chi connectivity index (χ0) is 12.1. The highest BCUT2D eigenvalue weighted by atomic mass is 15.2. The van der Waals surface area contributed by atoms with E-state index in [1.165, 1.54) is 64.7 Å². The molecule has 1 saturated heterocycles. The molecule has 0 aromatic rings. The van der Waals surface area contributed by atoms with Crippen LogP contribution in [0, 0.1) is 11.8 Å². The van der Waals surface area contributed by atoms with Gasteiger partial charge in [0.25, 0.3) is 0 Å². The molecule has 0 amide bonds. The van der Waals surface area contributed by atoms with Crippen LogP contribution in [0.15, 0.2) is 0 Å². The molecule has 2 fully saturated rings. The first-order valence-corrected chi connectivity index (χ1v) is 7.76. The Morgan fingerprint density at radius 1 is 1.12 bits per heavy atom. The molecular weight excluding hydrogens is 208 g/mol. The van der Waals surface area contributed by atoms with Crippen LogP contribution in [0.5, 0.6) is 0 Å². The Labute approximate surface area is 107 Å². The molecule has 17 heavy (non-hydrogen) atoms. The molecule has 1 atom stereocenters. The third-order valence-electron chi connectivity index (χ3n) is 5.02. The second-order valence-electron chi connectivity index (χ2n) is 6.07. The van der Waals surface area contributed by atoms with E-state index in [-0.39, 0.29) is 0 Å². The van der Waals surface area contributed by atoms with Gasteiger partial charge < -0.3 is 10.2 Å². The zero-order valence-electron chi connectivity index (χ0n) is 11.8. The number of piperidine rings is 1. The van der Waals surface area contributed by atoms with Crippen molar-refractivity contribution in [3.8, 4) is 0 Å². The molecule has 1 unspecified atom stereocenters. The topological polar surface area (TPSA) is 15.3 Å². The lowest BCUT2D eigenvalue weighted by Gasteiger charge is -2.36. The standard InChI is InChI=1S/C15H30N2/c1-3-17(12-14-8-10-16-11-9-14)13(2)15-6-4-5-7-15/h13-16H,3-12H2,1-2H3. The molecule has 0 aromatic heterocycles. The molecule has 2 rings (SSSR count). The van der Waals surface area contributed by atoms with Crippen LogP contribution in [0.25, 0.3) is 0 Å². The van der Waals surface area contributed by atoms with Crippen LogP contribution in [0.2, 0.25) is 0 Å². The van der Waals surface area contributed by atoms with Gasteiger partial charge in [0.1, 0.15) is 0 Å². The van der Waals surface area contributed by atoms with Gasteiger partial charge in [0.2, 0.25) is 0 Å². The highest BCUT2D eigenvalue weighted by molar-refractivity contribution is 4.81. The van der Waals surface area contributed by atoms with Crippen LogP contribution >= 0.6 is 0 Å². The Kier molecular flexibility index (Phi) is 5.30. The summed E-state index contributed by atoms with van der Waals surface area (Å²) in [6.45, 7) is 9.87. The Hall–Kier alpha value is -0.0800. The van der Waals surface area contributed by atoms with Crippen molar-refractivity contribution in [3.63, 3.8) is 0 Å². The minimum atomic E-state index is 0.817. The van der Waals surface area contributed by atoms with Gasteiger partial charge in [-0.25, -0.2) is 0 Å². The van der Waals surface area contributed by atoms with Crippen molar-refractivity contribution in [3.05, 3.63) is 0 Å². The largest absolute Gasteiger partial charge is 0.317 e. The first-order valence-electron chi connectivity index (χ1n) is 7.76. The van der Waals surface area contributed by atoms with Crippen LogP contribution in [0.3, 0.4) is 0 Å². The maximum Gasteiger partial charge on any atom is 0.00951 e. The molecule has 0 spiro atoms. The van der Waals surface area contributed by atoms with E-state index < -0.39 is 0 Å².